The number of carbonyl (C=O) groups excluding carboxylic acids is 1. The number of hydrogen-bond donors (Lipinski definition) is 2. The minimum atomic E-state index is -0.829. The van der Waals surface area contributed by atoms with E-state index in [4.69, 9.17) is 0 Å². The lowest BCUT2D eigenvalue weighted by atomic mass is 9.81. The molecule has 1 heterocycles. The maximum absolute atomic E-state index is 13.0. The standard InChI is InChI=1S/C22H25FN2O2/c1-15-5-3-4-6-19(15)22(27)11-16-12-25(14-21(16,2)13-22)20(26)24-18-9-7-17(23)8-10-18/h3-10,16,27H,11-14H2,1-2H3,(H,24,26)/t16-,21+,22-/m1/s1. The molecule has 0 spiro atoms. The molecule has 1 aliphatic heterocycles. The number of likely N-dealkylation sites (tertiary alicyclic amines) is 1. The SMILES string of the molecule is Cc1ccccc1[C@@]1(O)C[C@@H]2CN(C(=O)Nc3ccc(F)cc3)C[C@]2(C)C1. The van der Waals surface area contributed by atoms with Gasteiger partial charge in [0, 0.05) is 18.8 Å². The van der Waals surface area contributed by atoms with Crippen molar-refractivity contribution in [2.45, 2.75) is 32.3 Å². The normalized spacial score (nSPS) is 29.6. The summed E-state index contributed by atoms with van der Waals surface area (Å²) < 4.78 is 13.0. The molecule has 2 fully saturated rings. The zero-order valence-corrected chi connectivity index (χ0v) is 15.7. The van der Waals surface area contributed by atoms with Crippen LogP contribution in [0.3, 0.4) is 0 Å². The van der Waals surface area contributed by atoms with E-state index in [9.17, 15) is 14.3 Å². The second-order valence-corrected chi connectivity index (χ2v) is 8.40. The van der Waals surface area contributed by atoms with Crippen molar-refractivity contribution in [1.29, 1.82) is 0 Å². The van der Waals surface area contributed by atoms with Gasteiger partial charge in [-0.2, -0.15) is 0 Å². The number of halogens is 1. The van der Waals surface area contributed by atoms with Crippen molar-refractivity contribution >= 4 is 11.7 Å². The van der Waals surface area contributed by atoms with Gasteiger partial charge in [0.25, 0.3) is 0 Å². The number of hydrogen-bond acceptors (Lipinski definition) is 2. The Kier molecular flexibility index (Phi) is 4.22. The maximum Gasteiger partial charge on any atom is 0.321 e. The molecule has 0 bridgehead atoms. The molecular formula is C22H25FN2O2. The minimum Gasteiger partial charge on any atom is -0.385 e. The van der Waals surface area contributed by atoms with Gasteiger partial charge in [0.1, 0.15) is 5.82 Å². The van der Waals surface area contributed by atoms with Crippen LogP contribution in [0.15, 0.2) is 48.5 Å². The van der Waals surface area contributed by atoms with E-state index in [-0.39, 0.29) is 23.2 Å². The van der Waals surface area contributed by atoms with Gasteiger partial charge in [0.15, 0.2) is 0 Å². The summed E-state index contributed by atoms with van der Waals surface area (Å²) in [6.07, 6.45) is 1.31. The highest BCUT2D eigenvalue weighted by molar-refractivity contribution is 5.89. The second-order valence-electron chi connectivity index (χ2n) is 8.40. The average Bonchev–Trinajstić information content (AvgIpc) is 3.05. The summed E-state index contributed by atoms with van der Waals surface area (Å²) in [5.74, 6) is -0.0761. The van der Waals surface area contributed by atoms with Crippen molar-refractivity contribution in [1.82, 2.24) is 4.90 Å². The lowest BCUT2D eigenvalue weighted by Crippen LogP contribution is -2.37. The summed E-state index contributed by atoms with van der Waals surface area (Å²) in [6, 6.07) is 13.6. The number of carbonyl (C=O) groups is 1. The van der Waals surface area contributed by atoms with Gasteiger partial charge in [-0.25, -0.2) is 9.18 Å². The van der Waals surface area contributed by atoms with Gasteiger partial charge >= 0.3 is 6.03 Å². The molecule has 3 atom stereocenters. The summed E-state index contributed by atoms with van der Waals surface area (Å²) in [6.45, 7) is 5.43. The number of urea groups is 1. The summed E-state index contributed by atoms with van der Waals surface area (Å²) in [4.78, 5) is 14.4. The molecule has 2 aromatic rings. The molecule has 2 N–H and O–H groups in total. The Labute approximate surface area is 159 Å². The first-order chi connectivity index (χ1) is 12.8. The number of fused-ring (bicyclic) bond motifs is 1. The van der Waals surface area contributed by atoms with Gasteiger partial charge in [0.05, 0.1) is 5.60 Å². The molecule has 2 aliphatic rings. The fourth-order valence-electron chi connectivity index (χ4n) is 4.97. The molecule has 5 heteroatoms. The van der Waals surface area contributed by atoms with Crippen LogP contribution < -0.4 is 5.32 Å². The number of nitrogens with zero attached hydrogens (tertiary/aromatic N) is 1. The third kappa shape index (κ3) is 3.21. The van der Waals surface area contributed by atoms with Gasteiger partial charge in [-0.3, -0.25) is 0 Å². The molecule has 0 aromatic heterocycles. The number of amides is 2. The van der Waals surface area contributed by atoms with Gasteiger partial charge in [-0.15, -0.1) is 0 Å². The van der Waals surface area contributed by atoms with E-state index < -0.39 is 5.60 Å². The van der Waals surface area contributed by atoms with E-state index in [1.54, 1.807) is 12.1 Å². The summed E-state index contributed by atoms with van der Waals surface area (Å²) >= 11 is 0. The van der Waals surface area contributed by atoms with Crippen molar-refractivity contribution in [2.75, 3.05) is 18.4 Å². The van der Waals surface area contributed by atoms with E-state index in [0.717, 1.165) is 11.1 Å². The van der Waals surface area contributed by atoms with Crippen molar-refractivity contribution < 1.29 is 14.3 Å². The highest BCUT2D eigenvalue weighted by Crippen LogP contribution is 2.56. The Morgan fingerprint density at radius 1 is 1.22 bits per heavy atom. The van der Waals surface area contributed by atoms with Crippen LogP contribution in [0.5, 0.6) is 0 Å². The van der Waals surface area contributed by atoms with E-state index in [1.807, 2.05) is 36.1 Å². The van der Waals surface area contributed by atoms with E-state index in [0.29, 0.717) is 31.6 Å². The lowest BCUT2D eigenvalue weighted by molar-refractivity contribution is 0.0259. The highest BCUT2D eigenvalue weighted by Gasteiger charge is 2.57. The smallest absolute Gasteiger partial charge is 0.321 e. The van der Waals surface area contributed by atoms with Crippen molar-refractivity contribution in [3.63, 3.8) is 0 Å². The molecule has 4 rings (SSSR count). The van der Waals surface area contributed by atoms with E-state index in [2.05, 4.69) is 12.2 Å². The zero-order chi connectivity index (χ0) is 19.2. The molecule has 2 amide bonds. The van der Waals surface area contributed by atoms with Gasteiger partial charge in [0.2, 0.25) is 0 Å². The average molecular weight is 368 g/mol. The van der Waals surface area contributed by atoms with Crippen LogP contribution in [-0.2, 0) is 5.60 Å². The molecule has 1 saturated heterocycles. The largest absolute Gasteiger partial charge is 0.385 e. The van der Waals surface area contributed by atoms with Crippen LogP contribution in [-0.4, -0.2) is 29.1 Å². The van der Waals surface area contributed by atoms with Crippen LogP contribution in [0.25, 0.3) is 0 Å². The molecule has 27 heavy (non-hydrogen) atoms. The Balaban J connectivity index is 1.46. The molecule has 1 aliphatic carbocycles. The first-order valence-electron chi connectivity index (χ1n) is 9.39. The predicted molar refractivity (Wildman–Crippen MR) is 103 cm³/mol. The van der Waals surface area contributed by atoms with Crippen LogP contribution in [0.4, 0.5) is 14.9 Å². The Morgan fingerprint density at radius 2 is 1.93 bits per heavy atom. The number of benzene rings is 2. The molecule has 2 aromatic carbocycles. The topological polar surface area (TPSA) is 52.6 Å². The number of rotatable bonds is 2. The third-order valence-electron chi connectivity index (χ3n) is 6.29. The zero-order valence-electron chi connectivity index (χ0n) is 15.7. The fourth-order valence-corrected chi connectivity index (χ4v) is 4.97. The number of aryl methyl sites for hydroxylation is 1. The van der Waals surface area contributed by atoms with Gasteiger partial charge < -0.3 is 15.3 Å². The van der Waals surface area contributed by atoms with Crippen LogP contribution in [0.1, 0.15) is 30.9 Å². The Bertz CT molecular complexity index is 869. The number of aliphatic hydroxyl groups is 1. The van der Waals surface area contributed by atoms with Crippen molar-refractivity contribution in [3.05, 3.63) is 65.5 Å². The summed E-state index contributed by atoms with van der Waals surface area (Å²) in [5, 5.41) is 14.2. The van der Waals surface area contributed by atoms with Gasteiger partial charge in [-0.05, 0) is 66.5 Å². The first kappa shape index (κ1) is 18.0. The molecule has 0 unspecified atom stereocenters. The first-order valence-corrected chi connectivity index (χ1v) is 9.39. The summed E-state index contributed by atoms with van der Waals surface area (Å²) in [5.41, 5.74) is 1.75. The molecular weight excluding hydrogens is 343 g/mol. The third-order valence-corrected chi connectivity index (χ3v) is 6.29. The number of nitrogens with one attached hydrogen (secondary N) is 1. The molecule has 142 valence electrons. The van der Waals surface area contributed by atoms with E-state index >= 15 is 0 Å². The van der Waals surface area contributed by atoms with Crippen molar-refractivity contribution in [2.24, 2.45) is 11.3 Å². The monoisotopic (exact) mass is 368 g/mol. The predicted octanol–water partition coefficient (Wildman–Crippen LogP) is 4.29. The number of anilines is 1. The van der Waals surface area contributed by atoms with Crippen LogP contribution in [0, 0.1) is 24.1 Å². The Morgan fingerprint density at radius 3 is 2.59 bits per heavy atom. The summed E-state index contributed by atoms with van der Waals surface area (Å²) in [7, 11) is 0. The Hall–Kier alpha value is -2.40. The minimum absolute atomic E-state index is 0.114. The van der Waals surface area contributed by atoms with Crippen LogP contribution >= 0.6 is 0 Å². The molecule has 0 radical (unpaired) electrons. The maximum atomic E-state index is 13.0. The second kappa shape index (κ2) is 6.34. The van der Waals surface area contributed by atoms with E-state index in [1.165, 1.54) is 12.1 Å². The highest BCUT2D eigenvalue weighted by atomic mass is 19.1. The fraction of sp³-hybridized carbons (Fsp3) is 0.409. The quantitative estimate of drug-likeness (QED) is 0.831. The molecule has 4 nitrogen and oxygen atoms in total. The van der Waals surface area contributed by atoms with Gasteiger partial charge in [-0.1, -0.05) is 31.2 Å². The molecule has 1 saturated carbocycles. The van der Waals surface area contributed by atoms with Crippen LogP contribution in [0.2, 0.25) is 0 Å². The lowest BCUT2D eigenvalue weighted by Gasteiger charge is -2.30. The van der Waals surface area contributed by atoms with Crippen molar-refractivity contribution in [3.8, 4) is 0 Å².